The van der Waals surface area contributed by atoms with Gasteiger partial charge in [-0.05, 0) is 38.1 Å². The molecule has 0 bridgehead atoms. The molecule has 0 aliphatic rings. The number of nitrogen functional groups attached to an aromatic ring is 1. The lowest BCUT2D eigenvalue weighted by Crippen LogP contribution is -2.42. The Kier molecular flexibility index (Phi) is 4.60. The molecule has 1 aromatic rings. The maximum absolute atomic E-state index is 11.9. The SMILES string of the molecule is CC(C)OC(=O)NS(=O)(=O)N(C)c1ccc(N)cc1. The third kappa shape index (κ3) is 4.32. The zero-order chi connectivity index (χ0) is 14.6. The maximum atomic E-state index is 11.9. The van der Waals surface area contributed by atoms with Crippen molar-refractivity contribution in [3.05, 3.63) is 24.3 Å². The van der Waals surface area contributed by atoms with Crippen LogP contribution in [0.4, 0.5) is 16.2 Å². The van der Waals surface area contributed by atoms with Gasteiger partial charge in [-0.15, -0.1) is 0 Å². The van der Waals surface area contributed by atoms with E-state index in [1.807, 2.05) is 0 Å². The molecule has 106 valence electrons. The number of ether oxygens (including phenoxy) is 1. The van der Waals surface area contributed by atoms with Crippen LogP contribution in [0.1, 0.15) is 13.8 Å². The zero-order valence-electron chi connectivity index (χ0n) is 11.0. The first-order valence-corrected chi connectivity index (χ1v) is 6.99. The van der Waals surface area contributed by atoms with E-state index in [2.05, 4.69) is 0 Å². The summed E-state index contributed by atoms with van der Waals surface area (Å²) in [4.78, 5) is 11.3. The van der Waals surface area contributed by atoms with E-state index in [1.165, 1.54) is 19.2 Å². The van der Waals surface area contributed by atoms with Crippen molar-refractivity contribution < 1.29 is 17.9 Å². The van der Waals surface area contributed by atoms with Crippen molar-refractivity contribution in [3.8, 4) is 0 Å². The molecule has 0 spiro atoms. The summed E-state index contributed by atoms with van der Waals surface area (Å²) >= 11 is 0. The van der Waals surface area contributed by atoms with Gasteiger partial charge in [0.2, 0.25) is 0 Å². The Hall–Kier alpha value is -1.96. The molecule has 0 aliphatic carbocycles. The van der Waals surface area contributed by atoms with Crippen LogP contribution in [0.2, 0.25) is 0 Å². The van der Waals surface area contributed by atoms with Crippen molar-refractivity contribution >= 4 is 27.7 Å². The van der Waals surface area contributed by atoms with Gasteiger partial charge in [-0.1, -0.05) is 0 Å². The van der Waals surface area contributed by atoms with E-state index in [0.717, 1.165) is 4.31 Å². The van der Waals surface area contributed by atoms with Gasteiger partial charge in [-0.25, -0.2) is 9.52 Å². The predicted octanol–water partition coefficient (Wildman–Crippen LogP) is 1.08. The van der Waals surface area contributed by atoms with Crippen molar-refractivity contribution in [1.82, 2.24) is 4.72 Å². The summed E-state index contributed by atoms with van der Waals surface area (Å²) < 4.78 is 31.2. The van der Waals surface area contributed by atoms with E-state index in [-0.39, 0.29) is 0 Å². The summed E-state index contributed by atoms with van der Waals surface area (Å²) in [6.45, 7) is 3.24. The molecule has 0 aliphatic heterocycles. The summed E-state index contributed by atoms with van der Waals surface area (Å²) in [5.41, 5.74) is 6.40. The van der Waals surface area contributed by atoms with Crippen LogP contribution in [-0.2, 0) is 14.9 Å². The van der Waals surface area contributed by atoms with Crippen molar-refractivity contribution in [3.63, 3.8) is 0 Å². The first-order chi connectivity index (χ1) is 8.72. The normalized spacial score (nSPS) is 11.2. The van der Waals surface area contributed by atoms with Crippen molar-refractivity contribution in [2.24, 2.45) is 0 Å². The highest BCUT2D eigenvalue weighted by molar-refractivity contribution is 7.91. The molecule has 0 aromatic heterocycles. The summed E-state index contributed by atoms with van der Waals surface area (Å²) in [7, 11) is -2.69. The average molecular weight is 287 g/mol. The Bertz CT molecular complexity index is 540. The van der Waals surface area contributed by atoms with Crippen LogP contribution in [-0.4, -0.2) is 27.7 Å². The van der Waals surface area contributed by atoms with E-state index in [4.69, 9.17) is 10.5 Å². The first-order valence-electron chi connectivity index (χ1n) is 5.55. The molecule has 8 heteroatoms. The third-order valence-electron chi connectivity index (χ3n) is 2.17. The molecule has 0 fully saturated rings. The molecule has 0 saturated heterocycles. The lowest BCUT2D eigenvalue weighted by molar-refractivity contribution is 0.121. The average Bonchev–Trinajstić information content (AvgIpc) is 2.27. The standard InChI is InChI=1S/C11H17N3O4S/c1-8(2)18-11(15)13-19(16,17)14(3)10-6-4-9(12)5-7-10/h4-8H,12H2,1-3H3,(H,13,15). The fourth-order valence-corrected chi connectivity index (χ4v) is 2.03. The van der Waals surface area contributed by atoms with Crippen LogP contribution in [0.15, 0.2) is 24.3 Å². The number of nitrogens with two attached hydrogens (primary N) is 1. The lowest BCUT2D eigenvalue weighted by Gasteiger charge is -2.20. The molecule has 19 heavy (non-hydrogen) atoms. The molecule has 0 heterocycles. The van der Waals surface area contributed by atoms with Crippen LogP contribution in [0.5, 0.6) is 0 Å². The van der Waals surface area contributed by atoms with Gasteiger partial charge in [0.15, 0.2) is 0 Å². The van der Waals surface area contributed by atoms with Crippen LogP contribution < -0.4 is 14.8 Å². The van der Waals surface area contributed by atoms with Crippen LogP contribution in [0.3, 0.4) is 0 Å². The number of anilines is 2. The Morgan fingerprint density at radius 2 is 1.84 bits per heavy atom. The van der Waals surface area contributed by atoms with Gasteiger partial charge in [0, 0.05) is 12.7 Å². The number of benzene rings is 1. The van der Waals surface area contributed by atoms with Gasteiger partial charge in [-0.2, -0.15) is 8.42 Å². The highest BCUT2D eigenvalue weighted by atomic mass is 32.2. The summed E-state index contributed by atoms with van der Waals surface area (Å²) in [6, 6.07) is 6.19. The molecule has 1 rings (SSSR count). The van der Waals surface area contributed by atoms with Gasteiger partial charge in [-0.3, -0.25) is 4.31 Å². The van der Waals surface area contributed by atoms with E-state index < -0.39 is 22.4 Å². The number of hydrogen-bond donors (Lipinski definition) is 2. The van der Waals surface area contributed by atoms with E-state index in [9.17, 15) is 13.2 Å². The smallest absolute Gasteiger partial charge is 0.422 e. The summed E-state index contributed by atoms with van der Waals surface area (Å²) in [5.74, 6) is 0. The van der Waals surface area contributed by atoms with E-state index >= 15 is 0 Å². The second kappa shape index (κ2) is 5.79. The number of amides is 1. The largest absolute Gasteiger partial charge is 0.446 e. The van der Waals surface area contributed by atoms with Crippen molar-refractivity contribution in [2.45, 2.75) is 20.0 Å². The minimum Gasteiger partial charge on any atom is -0.446 e. The van der Waals surface area contributed by atoms with Gasteiger partial charge < -0.3 is 10.5 Å². The molecule has 0 saturated carbocycles. The fraction of sp³-hybridized carbons (Fsp3) is 0.364. The predicted molar refractivity (Wildman–Crippen MR) is 72.9 cm³/mol. The summed E-state index contributed by atoms with van der Waals surface area (Å²) in [5, 5.41) is 0. The number of nitrogens with one attached hydrogen (secondary N) is 1. The molecule has 3 N–H and O–H groups in total. The monoisotopic (exact) mass is 287 g/mol. The molecule has 7 nitrogen and oxygen atoms in total. The number of nitrogens with zero attached hydrogens (tertiary/aromatic N) is 1. The Morgan fingerprint density at radius 3 is 2.32 bits per heavy atom. The highest BCUT2D eigenvalue weighted by Crippen LogP contribution is 2.17. The second-order valence-corrected chi connectivity index (χ2v) is 5.82. The van der Waals surface area contributed by atoms with E-state index in [1.54, 1.807) is 30.7 Å². The van der Waals surface area contributed by atoms with Crippen molar-refractivity contribution in [2.75, 3.05) is 17.1 Å². The fourth-order valence-electron chi connectivity index (χ4n) is 1.23. The summed E-state index contributed by atoms with van der Waals surface area (Å²) in [6.07, 6.45) is -1.42. The maximum Gasteiger partial charge on any atom is 0.422 e. The minimum atomic E-state index is -4.00. The van der Waals surface area contributed by atoms with Gasteiger partial charge >= 0.3 is 16.3 Å². The molecule has 0 unspecified atom stereocenters. The molecule has 1 amide bonds. The molecule has 0 radical (unpaired) electrons. The van der Waals surface area contributed by atoms with Crippen LogP contribution in [0, 0.1) is 0 Å². The number of rotatable bonds is 4. The van der Waals surface area contributed by atoms with Crippen LogP contribution in [0.25, 0.3) is 0 Å². The molecule has 0 atom stereocenters. The van der Waals surface area contributed by atoms with Gasteiger partial charge in [0.05, 0.1) is 11.8 Å². The minimum absolute atomic E-state index is 0.374. The highest BCUT2D eigenvalue weighted by Gasteiger charge is 2.22. The topological polar surface area (TPSA) is 102 Å². The van der Waals surface area contributed by atoms with Gasteiger partial charge in [0.1, 0.15) is 0 Å². The molecule has 1 aromatic carbocycles. The molecular weight excluding hydrogens is 270 g/mol. The Morgan fingerprint density at radius 1 is 1.32 bits per heavy atom. The first kappa shape index (κ1) is 15.1. The zero-order valence-corrected chi connectivity index (χ0v) is 11.8. The number of carbonyl (C=O) groups excluding carboxylic acids is 1. The van der Waals surface area contributed by atoms with Crippen molar-refractivity contribution in [1.29, 1.82) is 0 Å². The molecular formula is C11H17N3O4S. The quantitative estimate of drug-likeness (QED) is 0.807. The lowest BCUT2D eigenvalue weighted by atomic mass is 10.3. The number of hydrogen-bond acceptors (Lipinski definition) is 5. The Balaban J connectivity index is 2.82. The second-order valence-electron chi connectivity index (χ2n) is 4.12. The third-order valence-corrected chi connectivity index (χ3v) is 3.53. The van der Waals surface area contributed by atoms with E-state index in [0.29, 0.717) is 11.4 Å². The van der Waals surface area contributed by atoms with Gasteiger partial charge in [0.25, 0.3) is 0 Å². The number of carbonyl (C=O) groups is 1. The Labute approximate surface area is 112 Å². The van der Waals surface area contributed by atoms with Crippen LogP contribution >= 0.6 is 0 Å².